The van der Waals surface area contributed by atoms with Crippen molar-refractivity contribution in [2.45, 2.75) is 50.4 Å². The number of fused-ring (bicyclic) bond motifs is 2. The summed E-state index contributed by atoms with van der Waals surface area (Å²) >= 11 is 0. The molecule has 0 bridgehead atoms. The lowest BCUT2D eigenvalue weighted by molar-refractivity contribution is -0.132. The van der Waals surface area contributed by atoms with Crippen LogP contribution in [0.5, 0.6) is 0 Å². The molecule has 31 heavy (non-hydrogen) atoms. The highest BCUT2D eigenvalue weighted by atomic mass is 16.5. The summed E-state index contributed by atoms with van der Waals surface area (Å²) in [5.41, 5.74) is 2.89. The molecule has 0 saturated carbocycles. The maximum absolute atomic E-state index is 12.8. The van der Waals surface area contributed by atoms with Gasteiger partial charge < -0.3 is 14.5 Å². The van der Waals surface area contributed by atoms with Crippen molar-refractivity contribution in [2.24, 2.45) is 0 Å². The van der Waals surface area contributed by atoms with E-state index in [2.05, 4.69) is 20.1 Å². The highest BCUT2D eigenvalue weighted by Crippen LogP contribution is 2.44. The molecule has 5 rings (SSSR count). The maximum Gasteiger partial charge on any atom is 0.255 e. The fraction of sp³-hybridized carbons (Fsp3) is 0.636. The zero-order valence-corrected chi connectivity index (χ0v) is 17.9. The molecular formula is C22H30N6O3. The Labute approximate surface area is 181 Å². The molecule has 1 spiro atoms. The number of carbonyl (C=O) groups is 1. The standard InChI is InChI=1S/C22H30N6O3/c29-18(3-1-2-16-14-23-24-15-16)27-8-6-22(7-9-27)5-4-17-19(22)25-21(26-20(17)30)28-10-12-31-13-11-28/h14-15H,1-13H2,(H,23,24)(H,25,26,30). The molecule has 0 radical (unpaired) electrons. The Morgan fingerprint density at radius 2 is 1.97 bits per heavy atom. The number of morpholine rings is 1. The van der Waals surface area contributed by atoms with Crippen molar-refractivity contribution < 1.29 is 9.53 Å². The molecule has 2 aromatic heterocycles. The SMILES string of the molecule is O=C(CCCc1cn[nH]c1)N1CCC2(CCc3c2nc(N2CCOCC2)[nH]c3=O)CC1. The topological polar surface area (TPSA) is 107 Å². The minimum Gasteiger partial charge on any atom is -0.378 e. The van der Waals surface area contributed by atoms with E-state index in [1.54, 1.807) is 0 Å². The minimum absolute atomic E-state index is 0.00104. The van der Waals surface area contributed by atoms with Crippen molar-refractivity contribution >= 4 is 11.9 Å². The fourth-order valence-corrected chi connectivity index (χ4v) is 5.25. The van der Waals surface area contributed by atoms with Crippen molar-refractivity contribution in [3.8, 4) is 0 Å². The molecule has 4 heterocycles. The third-order valence-corrected chi connectivity index (χ3v) is 7.15. The number of carbonyl (C=O) groups excluding carboxylic acids is 1. The van der Waals surface area contributed by atoms with Crippen molar-refractivity contribution in [1.82, 2.24) is 25.1 Å². The van der Waals surface area contributed by atoms with Gasteiger partial charge in [-0.3, -0.25) is 19.7 Å². The molecule has 1 aliphatic carbocycles. The van der Waals surface area contributed by atoms with Gasteiger partial charge in [0.1, 0.15) is 0 Å². The number of aromatic amines is 2. The predicted molar refractivity (Wildman–Crippen MR) is 115 cm³/mol. The summed E-state index contributed by atoms with van der Waals surface area (Å²) in [6.45, 7) is 4.29. The highest BCUT2D eigenvalue weighted by molar-refractivity contribution is 5.76. The summed E-state index contributed by atoms with van der Waals surface area (Å²) in [6.07, 6.45) is 9.45. The van der Waals surface area contributed by atoms with E-state index >= 15 is 0 Å². The number of piperidine rings is 1. The summed E-state index contributed by atoms with van der Waals surface area (Å²) < 4.78 is 5.43. The molecule has 0 aromatic carbocycles. The van der Waals surface area contributed by atoms with Crippen LogP contribution in [0.15, 0.2) is 17.2 Å². The van der Waals surface area contributed by atoms with Crippen LogP contribution in [-0.2, 0) is 27.8 Å². The number of rotatable bonds is 5. The quantitative estimate of drug-likeness (QED) is 0.743. The second-order valence-electron chi connectivity index (χ2n) is 8.94. The molecule has 0 unspecified atom stereocenters. The molecule has 9 heteroatoms. The van der Waals surface area contributed by atoms with Gasteiger partial charge in [0.25, 0.3) is 5.56 Å². The van der Waals surface area contributed by atoms with Crippen molar-refractivity contribution in [1.29, 1.82) is 0 Å². The zero-order valence-electron chi connectivity index (χ0n) is 17.9. The summed E-state index contributed by atoms with van der Waals surface area (Å²) in [6, 6.07) is 0. The van der Waals surface area contributed by atoms with E-state index in [4.69, 9.17) is 9.72 Å². The van der Waals surface area contributed by atoms with Crippen LogP contribution in [0, 0.1) is 0 Å². The van der Waals surface area contributed by atoms with Crippen LogP contribution in [0.3, 0.4) is 0 Å². The largest absolute Gasteiger partial charge is 0.378 e. The summed E-state index contributed by atoms with van der Waals surface area (Å²) in [5, 5.41) is 6.76. The van der Waals surface area contributed by atoms with E-state index in [-0.39, 0.29) is 16.9 Å². The summed E-state index contributed by atoms with van der Waals surface area (Å²) in [5.74, 6) is 0.899. The average molecular weight is 427 g/mol. The number of H-pyrrole nitrogens is 2. The van der Waals surface area contributed by atoms with E-state index in [0.717, 1.165) is 81.5 Å². The Morgan fingerprint density at radius 1 is 1.16 bits per heavy atom. The van der Waals surface area contributed by atoms with E-state index in [1.807, 2.05) is 17.3 Å². The van der Waals surface area contributed by atoms with Gasteiger partial charge in [0, 0.05) is 49.8 Å². The van der Waals surface area contributed by atoms with Crippen LogP contribution in [0.25, 0.3) is 0 Å². The molecule has 2 aliphatic heterocycles. The van der Waals surface area contributed by atoms with E-state index in [1.165, 1.54) is 0 Å². The third-order valence-electron chi connectivity index (χ3n) is 7.15. The van der Waals surface area contributed by atoms with Crippen LogP contribution < -0.4 is 10.5 Å². The van der Waals surface area contributed by atoms with Gasteiger partial charge >= 0.3 is 0 Å². The number of ether oxygens (including phenoxy) is 1. The maximum atomic E-state index is 12.8. The Morgan fingerprint density at radius 3 is 2.71 bits per heavy atom. The molecule has 2 fully saturated rings. The molecule has 2 N–H and O–H groups in total. The second kappa shape index (κ2) is 8.45. The van der Waals surface area contributed by atoms with Gasteiger partial charge in [-0.25, -0.2) is 4.98 Å². The molecule has 1 amide bonds. The molecule has 3 aliphatic rings. The van der Waals surface area contributed by atoms with Gasteiger partial charge in [-0.2, -0.15) is 5.10 Å². The lowest BCUT2D eigenvalue weighted by Crippen LogP contribution is -2.45. The van der Waals surface area contributed by atoms with Crippen molar-refractivity contribution in [2.75, 3.05) is 44.3 Å². The minimum atomic E-state index is -0.0712. The molecule has 2 saturated heterocycles. The van der Waals surface area contributed by atoms with Gasteiger partial charge in [0.2, 0.25) is 11.9 Å². The Hall–Kier alpha value is -2.68. The summed E-state index contributed by atoms with van der Waals surface area (Å²) in [4.78, 5) is 37.5. The van der Waals surface area contributed by atoms with Crippen molar-refractivity contribution in [3.63, 3.8) is 0 Å². The summed E-state index contributed by atoms with van der Waals surface area (Å²) in [7, 11) is 0. The highest BCUT2D eigenvalue weighted by Gasteiger charge is 2.44. The number of likely N-dealkylation sites (tertiary alicyclic amines) is 1. The van der Waals surface area contributed by atoms with Gasteiger partial charge in [0.15, 0.2) is 0 Å². The number of hydrogen-bond acceptors (Lipinski definition) is 6. The van der Waals surface area contributed by atoms with Gasteiger partial charge in [-0.15, -0.1) is 0 Å². The second-order valence-corrected chi connectivity index (χ2v) is 8.94. The average Bonchev–Trinajstić information content (AvgIpc) is 3.44. The molecule has 166 valence electrons. The van der Waals surface area contributed by atoms with Crippen LogP contribution in [0.2, 0.25) is 0 Å². The monoisotopic (exact) mass is 426 g/mol. The number of nitrogens with one attached hydrogen (secondary N) is 2. The predicted octanol–water partition coefficient (Wildman–Crippen LogP) is 1.16. The molecular weight excluding hydrogens is 396 g/mol. The van der Waals surface area contributed by atoms with Crippen molar-refractivity contribution in [3.05, 3.63) is 39.6 Å². The first-order valence-electron chi connectivity index (χ1n) is 11.4. The third kappa shape index (κ3) is 3.98. The number of nitrogens with zero attached hydrogens (tertiary/aromatic N) is 4. The lowest BCUT2D eigenvalue weighted by atomic mass is 9.76. The number of hydrogen-bond donors (Lipinski definition) is 2. The Bertz CT molecular complexity index is 972. The van der Waals surface area contributed by atoms with E-state index in [0.29, 0.717) is 25.6 Å². The molecule has 9 nitrogen and oxygen atoms in total. The van der Waals surface area contributed by atoms with Crippen LogP contribution in [0.1, 0.15) is 48.9 Å². The zero-order chi connectivity index (χ0) is 21.3. The number of anilines is 1. The van der Waals surface area contributed by atoms with E-state index < -0.39 is 0 Å². The fourth-order valence-electron chi connectivity index (χ4n) is 5.25. The first-order chi connectivity index (χ1) is 15.1. The van der Waals surface area contributed by atoms with Gasteiger partial charge in [-0.05, 0) is 44.1 Å². The number of aryl methyl sites for hydroxylation is 1. The Kier molecular flexibility index (Phi) is 5.52. The number of aromatic nitrogens is 4. The first-order valence-corrected chi connectivity index (χ1v) is 11.4. The Balaban J connectivity index is 1.24. The first kappa shape index (κ1) is 20.2. The van der Waals surface area contributed by atoms with Gasteiger partial charge in [-0.1, -0.05) is 0 Å². The van der Waals surface area contributed by atoms with Crippen LogP contribution in [0.4, 0.5) is 5.95 Å². The smallest absolute Gasteiger partial charge is 0.255 e. The van der Waals surface area contributed by atoms with Crippen LogP contribution >= 0.6 is 0 Å². The van der Waals surface area contributed by atoms with Crippen LogP contribution in [-0.4, -0.2) is 70.4 Å². The van der Waals surface area contributed by atoms with E-state index in [9.17, 15) is 9.59 Å². The molecule has 0 atom stereocenters. The van der Waals surface area contributed by atoms with Gasteiger partial charge in [0.05, 0.1) is 25.1 Å². The normalized spacial score (nSPS) is 20.3. The lowest BCUT2D eigenvalue weighted by Gasteiger charge is -2.39. The molecule has 2 aromatic rings. The number of amides is 1.